The normalized spacial score (nSPS) is 10.9. The first kappa shape index (κ1) is 18.6. The molecule has 6 nitrogen and oxygen atoms in total. The zero-order valence-corrected chi connectivity index (χ0v) is 17.4. The van der Waals surface area contributed by atoms with E-state index < -0.39 is 0 Å². The molecule has 0 bridgehead atoms. The minimum Gasteiger partial charge on any atom is -0.325 e. The van der Waals surface area contributed by atoms with Crippen molar-refractivity contribution in [2.45, 2.75) is 12.1 Å². The lowest BCUT2D eigenvalue weighted by Crippen LogP contribution is -2.15. The molecule has 0 aliphatic carbocycles. The van der Waals surface area contributed by atoms with Crippen LogP contribution in [0.25, 0.3) is 16.9 Å². The van der Waals surface area contributed by atoms with Gasteiger partial charge >= 0.3 is 0 Å². The van der Waals surface area contributed by atoms with E-state index in [4.69, 9.17) is 0 Å². The van der Waals surface area contributed by atoms with Gasteiger partial charge < -0.3 is 5.32 Å². The van der Waals surface area contributed by atoms with E-state index >= 15 is 0 Å². The lowest BCUT2D eigenvalue weighted by atomic mass is 10.1. The number of aryl methyl sites for hydroxylation is 1. The predicted octanol–water partition coefficient (Wildman–Crippen LogP) is 4.59. The molecule has 0 saturated heterocycles. The summed E-state index contributed by atoms with van der Waals surface area (Å²) in [6, 6.07) is 19.4. The maximum absolute atomic E-state index is 12.3. The zero-order chi connectivity index (χ0) is 19.5. The molecular formula is C20H16BrN5OS. The van der Waals surface area contributed by atoms with E-state index in [0.29, 0.717) is 10.8 Å². The van der Waals surface area contributed by atoms with Gasteiger partial charge in [0, 0.05) is 15.7 Å². The van der Waals surface area contributed by atoms with Gasteiger partial charge in [-0.2, -0.15) is 9.61 Å². The summed E-state index contributed by atoms with van der Waals surface area (Å²) in [5.41, 5.74) is 4.28. The molecule has 2 aromatic carbocycles. The second kappa shape index (κ2) is 8.12. The van der Waals surface area contributed by atoms with E-state index in [9.17, 15) is 4.79 Å². The highest BCUT2D eigenvalue weighted by Crippen LogP contribution is 2.22. The van der Waals surface area contributed by atoms with Crippen molar-refractivity contribution < 1.29 is 4.79 Å². The number of hydrogen-bond acceptors (Lipinski definition) is 5. The number of aromatic nitrogens is 4. The maximum Gasteiger partial charge on any atom is 0.234 e. The Morgan fingerprint density at radius 2 is 1.86 bits per heavy atom. The van der Waals surface area contributed by atoms with Crippen LogP contribution < -0.4 is 5.32 Å². The van der Waals surface area contributed by atoms with E-state index in [1.165, 1.54) is 11.8 Å². The van der Waals surface area contributed by atoms with Crippen LogP contribution in [0.4, 0.5) is 5.69 Å². The van der Waals surface area contributed by atoms with Gasteiger partial charge in [0.2, 0.25) is 11.1 Å². The van der Waals surface area contributed by atoms with Crippen LogP contribution in [-0.2, 0) is 4.79 Å². The van der Waals surface area contributed by atoms with Gasteiger partial charge in [-0.15, -0.1) is 10.2 Å². The summed E-state index contributed by atoms with van der Waals surface area (Å²) in [5, 5.41) is 16.4. The van der Waals surface area contributed by atoms with E-state index in [1.54, 1.807) is 4.52 Å². The van der Waals surface area contributed by atoms with Crippen molar-refractivity contribution >= 4 is 44.9 Å². The summed E-state index contributed by atoms with van der Waals surface area (Å²) in [5.74, 6) is 0.124. The van der Waals surface area contributed by atoms with Crippen LogP contribution >= 0.6 is 27.7 Å². The molecule has 2 aromatic heterocycles. The Bertz CT molecular complexity index is 1140. The number of carbonyl (C=O) groups excluding carboxylic acids is 1. The van der Waals surface area contributed by atoms with Gasteiger partial charge in [0.1, 0.15) is 0 Å². The molecule has 28 heavy (non-hydrogen) atoms. The molecule has 4 rings (SSSR count). The van der Waals surface area contributed by atoms with Crippen LogP contribution in [0.2, 0.25) is 0 Å². The summed E-state index contributed by atoms with van der Waals surface area (Å²) in [6.45, 7) is 1.96. The molecule has 0 fully saturated rings. The van der Waals surface area contributed by atoms with Crippen LogP contribution in [-0.4, -0.2) is 31.5 Å². The quantitative estimate of drug-likeness (QED) is 0.447. The van der Waals surface area contributed by atoms with E-state index in [0.717, 1.165) is 27.0 Å². The Kier molecular flexibility index (Phi) is 5.40. The first-order valence-corrected chi connectivity index (χ1v) is 10.3. The highest BCUT2D eigenvalue weighted by Gasteiger charge is 2.12. The van der Waals surface area contributed by atoms with Gasteiger partial charge in [-0.25, -0.2) is 0 Å². The minimum absolute atomic E-state index is 0.0971. The van der Waals surface area contributed by atoms with Gasteiger partial charge in [-0.3, -0.25) is 4.79 Å². The molecule has 2 heterocycles. The average Bonchev–Trinajstić information content (AvgIpc) is 3.11. The number of amides is 1. The number of nitrogens with zero attached hydrogens (tertiary/aromatic N) is 4. The lowest BCUT2D eigenvalue weighted by Gasteiger charge is -2.07. The number of benzene rings is 2. The molecule has 140 valence electrons. The molecule has 0 unspecified atom stereocenters. The summed E-state index contributed by atoms with van der Waals surface area (Å²) >= 11 is 4.74. The van der Waals surface area contributed by atoms with Gasteiger partial charge in [0.05, 0.1) is 11.4 Å². The average molecular weight is 454 g/mol. The van der Waals surface area contributed by atoms with Gasteiger partial charge in [0.25, 0.3) is 0 Å². The summed E-state index contributed by atoms with van der Waals surface area (Å²) in [6.07, 6.45) is 0. The molecule has 0 saturated carbocycles. The number of thioether (sulfide) groups is 1. The zero-order valence-electron chi connectivity index (χ0n) is 15.0. The summed E-state index contributed by atoms with van der Waals surface area (Å²) < 4.78 is 2.68. The fourth-order valence-corrected chi connectivity index (χ4v) is 3.62. The highest BCUT2D eigenvalue weighted by molar-refractivity contribution is 9.10. The largest absolute Gasteiger partial charge is 0.325 e. The number of halogens is 1. The van der Waals surface area contributed by atoms with E-state index in [2.05, 4.69) is 36.5 Å². The number of fused-ring (bicyclic) bond motifs is 1. The third-order valence-electron chi connectivity index (χ3n) is 4.13. The van der Waals surface area contributed by atoms with Crippen LogP contribution in [0.3, 0.4) is 0 Å². The fraction of sp³-hybridized carbons (Fsp3) is 0.100. The Morgan fingerprint density at radius 3 is 2.64 bits per heavy atom. The first-order valence-electron chi connectivity index (χ1n) is 8.57. The molecule has 8 heteroatoms. The third kappa shape index (κ3) is 4.07. The summed E-state index contributed by atoms with van der Waals surface area (Å²) in [7, 11) is 0. The van der Waals surface area contributed by atoms with Crippen molar-refractivity contribution in [3.63, 3.8) is 0 Å². The van der Waals surface area contributed by atoms with Crippen molar-refractivity contribution in [2.75, 3.05) is 11.1 Å². The Morgan fingerprint density at radius 1 is 1.07 bits per heavy atom. The van der Waals surface area contributed by atoms with Gasteiger partial charge in [0.15, 0.2) is 5.65 Å². The number of rotatable bonds is 5. The van der Waals surface area contributed by atoms with Crippen LogP contribution in [0.15, 0.2) is 70.3 Å². The van der Waals surface area contributed by atoms with Crippen molar-refractivity contribution in [1.29, 1.82) is 0 Å². The molecule has 1 N–H and O–H groups in total. The van der Waals surface area contributed by atoms with E-state index in [1.807, 2.05) is 67.6 Å². The molecule has 0 spiro atoms. The van der Waals surface area contributed by atoms with Crippen molar-refractivity contribution in [3.05, 3.63) is 70.7 Å². The lowest BCUT2D eigenvalue weighted by molar-refractivity contribution is -0.113. The molecule has 0 atom stereocenters. The molecule has 1 amide bonds. The molecule has 0 radical (unpaired) electrons. The molecular weight excluding hydrogens is 438 g/mol. The smallest absolute Gasteiger partial charge is 0.234 e. The number of para-hydroxylation sites is 1. The molecule has 0 aliphatic rings. The van der Waals surface area contributed by atoms with Crippen molar-refractivity contribution in [1.82, 2.24) is 19.8 Å². The Labute approximate surface area is 174 Å². The predicted molar refractivity (Wildman–Crippen MR) is 114 cm³/mol. The number of anilines is 1. The fourth-order valence-electron chi connectivity index (χ4n) is 2.66. The standard InChI is InChI=1S/C20H16BrN5OS/c1-13-4-2-3-5-16(13)22-19(27)12-28-20-24-23-18-11-10-17(25-26(18)20)14-6-8-15(21)9-7-14/h2-11H,12H2,1H3,(H,22,27). The SMILES string of the molecule is Cc1ccccc1NC(=O)CSc1nnc2ccc(-c3ccc(Br)cc3)nn12. The number of carbonyl (C=O) groups is 1. The Hall–Kier alpha value is -2.71. The first-order chi connectivity index (χ1) is 13.6. The second-order valence-electron chi connectivity index (χ2n) is 6.13. The van der Waals surface area contributed by atoms with E-state index in [-0.39, 0.29) is 11.7 Å². The molecule has 0 aliphatic heterocycles. The second-order valence-corrected chi connectivity index (χ2v) is 7.99. The summed E-state index contributed by atoms with van der Waals surface area (Å²) in [4.78, 5) is 12.3. The van der Waals surface area contributed by atoms with Crippen molar-refractivity contribution in [3.8, 4) is 11.3 Å². The van der Waals surface area contributed by atoms with Crippen LogP contribution in [0.1, 0.15) is 5.56 Å². The molecule has 4 aromatic rings. The topological polar surface area (TPSA) is 72.2 Å². The third-order valence-corrected chi connectivity index (χ3v) is 5.57. The van der Waals surface area contributed by atoms with Crippen LogP contribution in [0, 0.1) is 6.92 Å². The number of hydrogen-bond donors (Lipinski definition) is 1. The minimum atomic E-state index is -0.0971. The maximum atomic E-state index is 12.3. The highest BCUT2D eigenvalue weighted by atomic mass is 79.9. The monoisotopic (exact) mass is 453 g/mol. The number of nitrogens with one attached hydrogen (secondary N) is 1. The van der Waals surface area contributed by atoms with Gasteiger partial charge in [-0.05, 0) is 42.8 Å². The Balaban J connectivity index is 1.51. The van der Waals surface area contributed by atoms with Crippen LogP contribution in [0.5, 0.6) is 0 Å². The van der Waals surface area contributed by atoms with Gasteiger partial charge in [-0.1, -0.05) is 58.0 Å². The van der Waals surface area contributed by atoms with Crippen molar-refractivity contribution in [2.24, 2.45) is 0 Å².